The molecule has 1 fully saturated rings. The highest BCUT2D eigenvalue weighted by Crippen LogP contribution is 2.29. The van der Waals surface area contributed by atoms with Crippen LogP contribution in [0.5, 0.6) is 5.75 Å². The molecule has 2 rings (SSSR count). The molecule has 1 aromatic carbocycles. The van der Waals surface area contributed by atoms with E-state index < -0.39 is 23.8 Å². The highest BCUT2D eigenvalue weighted by molar-refractivity contribution is 5.80. The first kappa shape index (κ1) is 17.5. The van der Waals surface area contributed by atoms with E-state index in [9.17, 15) is 9.59 Å². The van der Waals surface area contributed by atoms with Crippen molar-refractivity contribution in [3.63, 3.8) is 0 Å². The summed E-state index contributed by atoms with van der Waals surface area (Å²) in [6, 6.07) is 7.92. The topological polar surface area (TPSA) is 61.8 Å². The Morgan fingerprint density at radius 1 is 1.30 bits per heavy atom. The van der Waals surface area contributed by atoms with E-state index in [1.807, 2.05) is 31.2 Å². The minimum absolute atomic E-state index is 0.451. The van der Waals surface area contributed by atoms with Gasteiger partial charge in [-0.25, -0.2) is 4.79 Å². The molecular weight excluding hydrogens is 296 g/mol. The molecule has 23 heavy (non-hydrogen) atoms. The first-order valence-electron chi connectivity index (χ1n) is 8.03. The summed E-state index contributed by atoms with van der Waals surface area (Å²) in [5, 5.41) is 0. The second kappa shape index (κ2) is 7.59. The average molecular weight is 320 g/mol. The molecule has 5 heteroatoms. The summed E-state index contributed by atoms with van der Waals surface area (Å²) in [5.74, 6) is -1.01. The summed E-state index contributed by atoms with van der Waals surface area (Å²) in [6.07, 6.45) is 2.23. The number of rotatable bonds is 8. The Labute approximate surface area is 136 Å². The first-order chi connectivity index (χ1) is 10.9. The van der Waals surface area contributed by atoms with Gasteiger partial charge in [0.1, 0.15) is 12.0 Å². The maximum Gasteiger partial charge on any atom is 0.338 e. The van der Waals surface area contributed by atoms with Gasteiger partial charge in [-0.2, -0.15) is 0 Å². The maximum absolute atomic E-state index is 11.8. The molecule has 5 nitrogen and oxygen atoms in total. The van der Waals surface area contributed by atoms with Crippen molar-refractivity contribution in [1.82, 2.24) is 0 Å². The van der Waals surface area contributed by atoms with Crippen molar-refractivity contribution >= 4 is 12.3 Å². The Kier molecular flexibility index (Phi) is 5.77. The molecule has 0 spiro atoms. The Morgan fingerprint density at radius 2 is 2.00 bits per heavy atom. The summed E-state index contributed by atoms with van der Waals surface area (Å²) in [6.45, 7) is 5.94. The molecule has 1 heterocycles. The minimum Gasteiger partial charge on any atom is -0.494 e. The van der Waals surface area contributed by atoms with Crippen molar-refractivity contribution in [1.29, 1.82) is 0 Å². The van der Waals surface area contributed by atoms with E-state index in [1.165, 1.54) is 5.56 Å². The molecule has 0 aliphatic carbocycles. The summed E-state index contributed by atoms with van der Waals surface area (Å²) >= 11 is 0. The number of cyclic esters (lactones) is 1. The summed E-state index contributed by atoms with van der Waals surface area (Å²) in [7, 11) is 0. The molecule has 1 saturated heterocycles. The van der Waals surface area contributed by atoms with Crippen LogP contribution in [-0.2, 0) is 25.5 Å². The van der Waals surface area contributed by atoms with Crippen molar-refractivity contribution in [2.75, 3.05) is 6.61 Å². The normalized spacial score (nSPS) is 20.8. The van der Waals surface area contributed by atoms with Gasteiger partial charge in [0.15, 0.2) is 6.10 Å². The van der Waals surface area contributed by atoms with Gasteiger partial charge < -0.3 is 19.0 Å². The molecule has 1 aromatic rings. The summed E-state index contributed by atoms with van der Waals surface area (Å²) < 4.78 is 16.1. The Morgan fingerprint density at radius 3 is 2.52 bits per heavy atom. The third kappa shape index (κ3) is 4.79. The van der Waals surface area contributed by atoms with Crippen LogP contribution in [0.4, 0.5) is 0 Å². The SMILES string of the molecule is CCOc1ccc(CCC[C@@H](C=O)[C@@H]2OC(C)(C)OC2=O)cc1. The predicted molar refractivity (Wildman–Crippen MR) is 85.1 cm³/mol. The van der Waals surface area contributed by atoms with Gasteiger partial charge >= 0.3 is 5.97 Å². The molecule has 0 saturated carbocycles. The lowest BCUT2D eigenvalue weighted by atomic mass is 9.96. The average Bonchev–Trinajstić information content (AvgIpc) is 2.78. The van der Waals surface area contributed by atoms with Crippen LogP contribution in [0.2, 0.25) is 0 Å². The number of aryl methyl sites for hydroxylation is 1. The van der Waals surface area contributed by atoms with Gasteiger partial charge in [-0.1, -0.05) is 12.1 Å². The van der Waals surface area contributed by atoms with Crippen LogP contribution < -0.4 is 4.74 Å². The van der Waals surface area contributed by atoms with Crippen LogP contribution >= 0.6 is 0 Å². The highest BCUT2D eigenvalue weighted by atomic mass is 16.8. The minimum atomic E-state index is -0.946. The highest BCUT2D eigenvalue weighted by Gasteiger charge is 2.44. The van der Waals surface area contributed by atoms with Gasteiger partial charge in [0, 0.05) is 13.8 Å². The van der Waals surface area contributed by atoms with E-state index in [1.54, 1.807) is 13.8 Å². The van der Waals surface area contributed by atoms with Gasteiger partial charge in [0.25, 0.3) is 0 Å². The van der Waals surface area contributed by atoms with E-state index in [0.29, 0.717) is 13.0 Å². The third-order valence-electron chi connectivity index (χ3n) is 3.79. The van der Waals surface area contributed by atoms with Crippen LogP contribution in [-0.4, -0.2) is 30.8 Å². The smallest absolute Gasteiger partial charge is 0.338 e. The van der Waals surface area contributed by atoms with Crippen molar-refractivity contribution < 1.29 is 23.8 Å². The van der Waals surface area contributed by atoms with Crippen LogP contribution in [0, 0.1) is 5.92 Å². The van der Waals surface area contributed by atoms with Crippen LogP contribution in [0.25, 0.3) is 0 Å². The van der Waals surface area contributed by atoms with E-state index in [-0.39, 0.29) is 0 Å². The number of benzene rings is 1. The van der Waals surface area contributed by atoms with Crippen LogP contribution in [0.15, 0.2) is 24.3 Å². The first-order valence-corrected chi connectivity index (χ1v) is 8.03. The molecule has 0 bridgehead atoms. The molecule has 2 atom stereocenters. The number of hydrogen-bond acceptors (Lipinski definition) is 5. The van der Waals surface area contributed by atoms with Gasteiger partial charge in [0.05, 0.1) is 12.5 Å². The van der Waals surface area contributed by atoms with Crippen molar-refractivity contribution in [3.8, 4) is 5.75 Å². The number of carbonyl (C=O) groups excluding carboxylic acids is 2. The molecule has 0 radical (unpaired) electrons. The molecule has 0 unspecified atom stereocenters. The fraction of sp³-hybridized carbons (Fsp3) is 0.556. The standard InChI is InChI=1S/C18H24O5/c1-4-21-15-10-8-13(9-11-15)6-5-7-14(12-19)16-17(20)23-18(2,3)22-16/h8-12,14,16H,4-7H2,1-3H3/t14-,16-/m0/s1. The van der Waals surface area contributed by atoms with E-state index in [4.69, 9.17) is 14.2 Å². The summed E-state index contributed by atoms with van der Waals surface area (Å²) in [4.78, 5) is 23.1. The molecule has 0 N–H and O–H groups in total. The maximum atomic E-state index is 11.8. The third-order valence-corrected chi connectivity index (χ3v) is 3.79. The quantitative estimate of drug-likeness (QED) is 0.544. The largest absolute Gasteiger partial charge is 0.494 e. The number of carbonyl (C=O) groups is 2. The lowest BCUT2D eigenvalue weighted by Crippen LogP contribution is -2.29. The Bertz CT molecular complexity index is 535. The zero-order valence-corrected chi connectivity index (χ0v) is 13.9. The predicted octanol–water partition coefficient (Wildman–Crippen LogP) is 2.90. The van der Waals surface area contributed by atoms with E-state index >= 15 is 0 Å². The fourth-order valence-electron chi connectivity index (χ4n) is 2.69. The van der Waals surface area contributed by atoms with Crippen molar-refractivity contribution in [2.45, 2.75) is 51.9 Å². The molecule has 0 aromatic heterocycles. The zero-order valence-electron chi connectivity index (χ0n) is 13.9. The molecular formula is C18H24O5. The Hall–Kier alpha value is -1.88. The second-order valence-corrected chi connectivity index (χ2v) is 6.13. The van der Waals surface area contributed by atoms with Gasteiger partial charge in [0.2, 0.25) is 5.79 Å². The fourth-order valence-corrected chi connectivity index (χ4v) is 2.69. The number of hydrogen-bond donors (Lipinski definition) is 0. The molecule has 1 aliphatic heterocycles. The van der Waals surface area contributed by atoms with Gasteiger partial charge in [-0.05, 0) is 43.9 Å². The number of aldehydes is 1. The zero-order chi connectivity index (χ0) is 16.9. The lowest BCUT2D eigenvalue weighted by Gasteiger charge is -2.18. The Balaban J connectivity index is 1.84. The molecule has 126 valence electrons. The van der Waals surface area contributed by atoms with Gasteiger partial charge in [-0.15, -0.1) is 0 Å². The number of ether oxygens (including phenoxy) is 3. The number of esters is 1. The molecule has 0 amide bonds. The lowest BCUT2D eigenvalue weighted by molar-refractivity contribution is -0.161. The van der Waals surface area contributed by atoms with Crippen LogP contribution in [0.3, 0.4) is 0 Å². The van der Waals surface area contributed by atoms with Crippen molar-refractivity contribution in [3.05, 3.63) is 29.8 Å². The molecule has 1 aliphatic rings. The summed E-state index contributed by atoms with van der Waals surface area (Å²) in [5.41, 5.74) is 1.17. The monoisotopic (exact) mass is 320 g/mol. The van der Waals surface area contributed by atoms with E-state index in [2.05, 4.69) is 0 Å². The van der Waals surface area contributed by atoms with Gasteiger partial charge in [-0.3, -0.25) is 0 Å². The van der Waals surface area contributed by atoms with Crippen molar-refractivity contribution in [2.24, 2.45) is 5.92 Å². The second-order valence-electron chi connectivity index (χ2n) is 6.13. The van der Waals surface area contributed by atoms with Crippen LogP contribution in [0.1, 0.15) is 39.2 Å². The van der Waals surface area contributed by atoms with E-state index in [0.717, 1.165) is 24.9 Å².